The number of anilines is 1. The van der Waals surface area contributed by atoms with Crippen LogP contribution >= 0.6 is 0 Å². The molecule has 0 unspecified atom stereocenters. The van der Waals surface area contributed by atoms with Crippen LogP contribution in [0, 0.1) is 6.92 Å². The second-order valence-corrected chi connectivity index (χ2v) is 4.38. The van der Waals surface area contributed by atoms with E-state index in [0.29, 0.717) is 5.56 Å². The molecule has 2 aromatic heterocycles. The first-order valence-electron chi connectivity index (χ1n) is 6.04. The second-order valence-electron chi connectivity index (χ2n) is 4.38. The number of hydrogen-bond acceptors (Lipinski definition) is 2. The lowest BCUT2D eigenvalue weighted by Gasteiger charge is -2.07. The molecule has 0 bridgehead atoms. The number of fused-ring (bicyclic) bond motifs is 1. The molecule has 4 heteroatoms. The Morgan fingerprint density at radius 2 is 2.05 bits per heavy atom. The molecule has 1 amide bonds. The fraction of sp³-hybridized carbons (Fsp3) is 0.0667. The lowest BCUT2D eigenvalue weighted by molar-refractivity contribution is 0.102. The van der Waals surface area contributed by atoms with Crippen molar-refractivity contribution >= 4 is 17.2 Å². The Bertz CT molecular complexity index is 746. The molecule has 0 aliphatic carbocycles. The number of rotatable bonds is 2. The van der Waals surface area contributed by atoms with Crippen molar-refractivity contribution in [1.29, 1.82) is 0 Å². The molecule has 19 heavy (non-hydrogen) atoms. The van der Waals surface area contributed by atoms with Crippen LogP contribution in [0.2, 0.25) is 0 Å². The molecule has 0 spiro atoms. The molecule has 0 saturated carbocycles. The highest BCUT2D eigenvalue weighted by Gasteiger charge is 2.08. The van der Waals surface area contributed by atoms with Gasteiger partial charge in [0.2, 0.25) is 0 Å². The average Bonchev–Trinajstić information content (AvgIpc) is 2.86. The minimum Gasteiger partial charge on any atom is -0.321 e. The maximum Gasteiger partial charge on any atom is 0.255 e. The van der Waals surface area contributed by atoms with Gasteiger partial charge in [0.05, 0.1) is 5.69 Å². The largest absolute Gasteiger partial charge is 0.321 e. The molecule has 0 aliphatic heterocycles. The van der Waals surface area contributed by atoms with Crippen molar-refractivity contribution in [2.75, 3.05) is 5.32 Å². The van der Waals surface area contributed by atoms with Crippen molar-refractivity contribution < 1.29 is 4.79 Å². The molecule has 3 rings (SSSR count). The van der Waals surface area contributed by atoms with Gasteiger partial charge in [-0.3, -0.25) is 4.79 Å². The van der Waals surface area contributed by atoms with Gasteiger partial charge in [0.25, 0.3) is 5.91 Å². The molecule has 0 aliphatic rings. The van der Waals surface area contributed by atoms with Crippen LogP contribution in [0.15, 0.2) is 55.0 Å². The predicted octanol–water partition coefficient (Wildman–Crippen LogP) is 2.90. The first-order valence-corrected chi connectivity index (χ1v) is 6.04. The maximum atomic E-state index is 12.2. The molecule has 0 saturated heterocycles. The Morgan fingerprint density at radius 1 is 1.21 bits per heavy atom. The highest BCUT2D eigenvalue weighted by Crippen LogP contribution is 2.13. The van der Waals surface area contributed by atoms with Crippen molar-refractivity contribution in [2.24, 2.45) is 0 Å². The number of hydrogen-bond donors (Lipinski definition) is 1. The Kier molecular flexibility index (Phi) is 2.76. The van der Waals surface area contributed by atoms with Crippen LogP contribution in [0.1, 0.15) is 15.9 Å². The minimum atomic E-state index is -0.0995. The van der Waals surface area contributed by atoms with Crippen molar-refractivity contribution in [3.8, 4) is 0 Å². The summed E-state index contributed by atoms with van der Waals surface area (Å²) in [6.45, 7) is 1.92. The summed E-state index contributed by atoms with van der Waals surface area (Å²) in [5, 5.41) is 2.89. The van der Waals surface area contributed by atoms with Gasteiger partial charge in [0.1, 0.15) is 5.65 Å². The molecule has 0 fully saturated rings. The van der Waals surface area contributed by atoms with Gasteiger partial charge in [0, 0.05) is 24.2 Å². The standard InChI is InChI=1S/C15H13N3O/c1-11-4-2-3-5-13(11)15(19)17-12-6-7-14-16-8-9-18(14)10-12/h2-10H,1H3,(H,17,19). The number of amides is 1. The average molecular weight is 251 g/mol. The van der Waals surface area contributed by atoms with Crippen LogP contribution < -0.4 is 5.32 Å². The third-order valence-electron chi connectivity index (χ3n) is 3.04. The van der Waals surface area contributed by atoms with E-state index in [4.69, 9.17) is 0 Å². The number of aromatic nitrogens is 2. The zero-order chi connectivity index (χ0) is 13.2. The van der Waals surface area contributed by atoms with Gasteiger partial charge >= 0.3 is 0 Å². The highest BCUT2D eigenvalue weighted by molar-refractivity contribution is 6.05. The molecule has 1 aromatic carbocycles. The zero-order valence-electron chi connectivity index (χ0n) is 10.5. The fourth-order valence-corrected chi connectivity index (χ4v) is 2.02. The molecular weight excluding hydrogens is 238 g/mol. The Hall–Kier alpha value is -2.62. The highest BCUT2D eigenvalue weighted by atomic mass is 16.1. The molecule has 94 valence electrons. The lowest BCUT2D eigenvalue weighted by atomic mass is 10.1. The summed E-state index contributed by atoms with van der Waals surface area (Å²) in [4.78, 5) is 16.3. The number of nitrogens with zero attached hydrogens (tertiary/aromatic N) is 2. The first kappa shape index (κ1) is 11.5. The Balaban J connectivity index is 1.88. The van der Waals surface area contributed by atoms with Crippen LogP contribution in [0.25, 0.3) is 5.65 Å². The number of carbonyl (C=O) groups excluding carboxylic acids is 1. The van der Waals surface area contributed by atoms with Crippen LogP contribution in [-0.2, 0) is 0 Å². The lowest BCUT2D eigenvalue weighted by Crippen LogP contribution is -2.13. The van der Waals surface area contributed by atoms with Crippen molar-refractivity contribution in [1.82, 2.24) is 9.38 Å². The topological polar surface area (TPSA) is 46.4 Å². The van der Waals surface area contributed by atoms with Crippen molar-refractivity contribution in [3.63, 3.8) is 0 Å². The van der Waals surface area contributed by atoms with E-state index >= 15 is 0 Å². The van der Waals surface area contributed by atoms with Gasteiger partial charge < -0.3 is 9.72 Å². The Labute approximate surface area is 110 Å². The van der Waals surface area contributed by atoms with E-state index in [1.807, 2.05) is 60.1 Å². The smallest absolute Gasteiger partial charge is 0.255 e. The van der Waals surface area contributed by atoms with Gasteiger partial charge in [-0.25, -0.2) is 4.98 Å². The third kappa shape index (κ3) is 2.20. The summed E-state index contributed by atoms with van der Waals surface area (Å²) in [5.41, 5.74) is 3.25. The van der Waals surface area contributed by atoms with E-state index in [-0.39, 0.29) is 5.91 Å². The molecule has 3 aromatic rings. The molecular formula is C15H13N3O. The number of benzene rings is 1. The monoisotopic (exact) mass is 251 g/mol. The van der Waals surface area contributed by atoms with Gasteiger partial charge in [-0.15, -0.1) is 0 Å². The minimum absolute atomic E-state index is 0.0995. The fourth-order valence-electron chi connectivity index (χ4n) is 2.02. The van der Waals surface area contributed by atoms with E-state index in [0.717, 1.165) is 16.9 Å². The quantitative estimate of drug-likeness (QED) is 0.761. The number of carbonyl (C=O) groups is 1. The molecule has 0 radical (unpaired) electrons. The zero-order valence-corrected chi connectivity index (χ0v) is 10.5. The second kappa shape index (κ2) is 4.57. The van der Waals surface area contributed by atoms with Gasteiger partial charge in [-0.2, -0.15) is 0 Å². The summed E-state index contributed by atoms with van der Waals surface area (Å²) in [5.74, 6) is -0.0995. The first-order chi connectivity index (χ1) is 9.24. The van der Waals surface area contributed by atoms with Crippen LogP contribution in [0.3, 0.4) is 0 Å². The number of imidazole rings is 1. The predicted molar refractivity (Wildman–Crippen MR) is 74.3 cm³/mol. The van der Waals surface area contributed by atoms with Crippen LogP contribution in [-0.4, -0.2) is 15.3 Å². The van der Waals surface area contributed by atoms with E-state index in [1.54, 1.807) is 6.20 Å². The maximum absolute atomic E-state index is 12.2. The van der Waals surface area contributed by atoms with Crippen molar-refractivity contribution in [3.05, 3.63) is 66.1 Å². The summed E-state index contributed by atoms with van der Waals surface area (Å²) >= 11 is 0. The molecule has 0 atom stereocenters. The van der Waals surface area contributed by atoms with Crippen LogP contribution in [0.5, 0.6) is 0 Å². The third-order valence-corrected chi connectivity index (χ3v) is 3.04. The van der Waals surface area contributed by atoms with E-state index in [9.17, 15) is 4.79 Å². The Morgan fingerprint density at radius 3 is 2.89 bits per heavy atom. The summed E-state index contributed by atoms with van der Waals surface area (Å²) < 4.78 is 1.87. The summed E-state index contributed by atoms with van der Waals surface area (Å²) in [6.07, 6.45) is 5.42. The number of aryl methyl sites for hydroxylation is 1. The van der Waals surface area contributed by atoms with Gasteiger partial charge in [-0.05, 0) is 30.7 Å². The van der Waals surface area contributed by atoms with Crippen LogP contribution in [0.4, 0.5) is 5.69 Å². The van der Waals surface area contributed by atoms with Gasteiger partial charge in [0.15, 0.2) is 0 Å². The molecule has 4 nitrogen and oxygen atoms in total. The molecule has 2 heterocycles. The van der Waals surface area contributed by atoms with E-state index in [1.165, 1.54) is 0 Å². The SMILES string of the molecule is Cc1ccccc1C(=O)Nc1ccc2nccn2c1. The summed E-state index contributed by atoms with van der Waals surface area (Å²) in [6, 6.07) is 11.2. The number of nitrogens with one attached hydrogen (secondary N) is 1. The van der Waals surface area contributed by atoms with Gasteiger partial charge in [-0.1, -0.05) is 18.2 Å². The van der Waals surface area contributed by atoms with E-state index < -0.39 is 0 Å². The normalized spacial score (nSPS) is 10.6. The van der Waals surface area contributed by atoms with Crippen molar-refractivity contribution in [2.45, 2.75) is 6.92 Å². The molecule has 1 N–H and O–H groups in total. The van der Waals surface area contributed by atoms with E-state index in [2.05, 4.69) is 10.3 Å². The summed E-state index contributed by atoms with van der Waals surface area (Å²) in [7, 11) is 0. The number of pyridine rings is 1.